The lowest BCUT2D eigenvalue weighted by Crippen LogP contribution is -2.37. The minimum atomic E-state index is 0.214. The van der Waals surface area contributed by atoms with Gasteiger partial charge >= 0.3 is 0 Å². The molecule has 1 aliphatic carbocycles. The third-order valence-corrected chi connectivity index (χ3v) is 2.76. The Morgan fingerprint density at radius 2 is 1.93 bits per heavy atom. The van der Waals surface area contributed by atoms with Gasteiger partial charge in [-0.25, -0.2) is 0 Å². The lowest BCUT2D eigenvalue weighted by molar-refractivity contribution is -0.122. The van der Waals surface area contributed by atoms with Gasteiger partial charge in [0.1, 0.15) is 0 Å². The molecule has 82 valence electrons. The molecule has 0 aromatic rings. The summed E-state index contributed by atoms with van der Waals surface area (Å²) in [5, 5.41) is 3.11. The summed E-state index contributed by atoms with van der Waals surface area (Å²) >= 11 is 0. The van der Waals surface area contributed by atoms with Crippen molar-refractivity contribution in [3.63, 3.8) is 0 Å². The summed E-state index contributed by atoms with van der Waals surface area (Å²) in [5.74, 6) is 0.214. The molecule has 1 fully saturated rings. The predicted molar refractivity (Wildman–Crippen MR) is 58.2 cm³/mol. The summed E-state index contributed by atoms with van der Waals surface area (Å²) in [5.41, 5.74) is 0. The number of carbonyl (C=O) groups is 1. The van der Waals surface area contributed by atoms with Gasteiger partial charge in [0, 0.05) is 19.0 Å². The van der Waals surface area contributed by atoms with Crippen LogP contribution in [0.2, 0.25) is 0 Å². The molecule has 3 heteroatoms. The molecule has 3 nitrogen and oxygen atoms in total. The Hall–Kier alpha value is -0.570. The maximum Gasteiger partial charge on any atom is 0.221 e. The van der Waals surface area contributed by atoms with Gasteiger partial charge in [-0.15, -0.1) is 0 Å². The van der Waals surface area contributed by atoms with Crippen LogP contribution in [0.15, 0.2) is 0 Å². The Morgan fingerprint density at radius 3 is 2.50 bits per heavy atom. The summed E-state index contributed by atoms with van der Waals surface area (Å²) in [6.45, 7) is 0.846. The van der Waals surface area contributed by atoms with Gasteiger partial charge in [0.2, 0.25) is 5.91 Å². The van der Waals surface area contributed by atoms with E-state index in [9.17, 15) is 4.79 Å². The first-order valence-electron chi connectivity index (χ1n) is 5.62. The zero-order valence-corrected chi connectivity index (χ0v) is 9.38. The van der Waals surface area contributed by atoms with Crippen molar-refractivity contribution < 1.29 is 4.79 Å². The molecule has 0 saturated heterocycles. The average Bonchev–Trinajstić information content (AvgIpc) is 2.16. The third kappa shape index (κ3) is 4.61. The van der Waals surface area contributed by atoms with E-state index in [1.807, 2.05) is 19.0 Å². The van der Waals surface area contributed by atoms with Crippen LogP contribution in [0, 0.1) is 0 Å². The molecule has 0 atom stereocenters. The second-order valence-corrected chi connectivity index (χ2v) is 4.46. The first-order chi connectivity index (χ1) is 6.68. The summed E-state index contributed by atoms with van der Waals surface area (Å²) in [4.78, 5) is 13.5. The number of amides is 1. The van der Waals surface area contributed by atoms with Gasteiger partial charge < -0.3 is 10.2 Å². The van der Waals surface area contributed by atoms with E-state index in [-0.39, 0.29) is 5.91 Å². The van der Waals surface area contributed by atoms with Crippen molar-refractivity contribution in [3.05, 3.63) is 0 Å². The van der Waals surface area contributed by atoms with E-state index in [1.54, 1.807) is 0 Å². The van der Waals surface area contributed by atoms with Crippen LogP contribution >= 0.6 is 0 Å². The highest BCUT2D eigenvalue weighted by Gasteiger charge is 2.15. The normalized spacial score (nSPS) is 18.5. The van der Waals surface area contributed by atoms with Crippen molar-refractivity contribution >= 4 is 5.91 Å². The first-order valence-corrected chi connectivity index (χ1v) is 5.62. The quantitative estimate of drug-likeness (QED) is 0.740. The lowest BCUT2D eigenvalue weighted by Gasteiger charge is -2.23. The Bertz CT molecular complexity index is 174. The van der Waals surface area contributed by atoms with E-state index in [4.69, 9.17) is 0 Å². The van der Waals surface area contributed by atoms with Crippen LogP contribution in [0.1, 0.15) is 38.5 Å². The van der Waals surface area contributed by atoms with Crippen LogP contribution in [0.5, 0.6) is 0 Å². The Balaban J connectivity index is 2.12. The van der Waals surface area contributed by atoms with E-state index in [0.29, 0.717) is 12.5 Å². The van der Waals surface area contributed by atoms with Gasteiger partial charge in [-0.2, -0.15) is 0 Å². The molecule has 0 heterocycles. The fourth-order valence-corrected chi connectivity index (χ4v) is 1.87. The van der Waals surface area contributed by atoms with Gasteiger partial charge in [0.25, 0.3) is 0 Å². The summed E-state index contributed by atoms with van der Waals surface area (Å²) in [6, 6.07) is 0.457. The zero-order chi connectivity index (χ0) is 10.4. The molecular formula is C11H22N2O. The number of rotatable bonds is 4. The van der Waals surface area contributed by atoms with Crippen molar-refractivity contribution in [2.75, 3.05) is 20.6 Å². The largest absolute Gasteiger partial charge is 0.353 e. The van der Waals surface area contributed by atoms with Crippen molar-refractivity contribution in [1.29, 1.82) is 0 Å². The van der Waals surface area contributed by atoms with Crippen LogP contribution in [-0.4, -0.2) is 37.5 Å². The number of nitrogens with one attached hydrogen (secondary N) is 1. The molecular weight excluding hydrogens is 176 g/mol. The number of carbonyl (C=O) groups excluding carboxylic acids is 1. The average molecular weight is 198 g/mol. The van der Waals surface area contributed by atoms with Gasteiger partial charge in [0.05, 0.1) is 0 Å². The molecule has 0 aromatic carbocycles. The molecule has 1 N–H and O–H groups in total. The molecule has 0 bridgehead atoms. The first kappa shape index (κ1) is 11.5. The van der Waals surface area contributed by atoms with E-state index in [1.165, 1.54) is 32.1 Å². The van der Waals surface area contributed by atoms with Crippen LogP contribution in [0.25, 0.3) is 0 Å². The molecule has 1 rings (SSSR count). The molecule has 0 aliphatic heterocycles. The molecule has 0 radical (unpaired) electrons. The van der Waals surface area contributed by atoms with Gasteiger partial charge in [0.15, 0.2) is 0 Å². The van der Waals surface area contributed by atoms with Crippen LogP contribution in [0.4, 0.5) is 0 Å². The van der Waals surface area contributed by atoms with Crippen molar-refractivity contribution in [2.45, 2.75) is 44.6 Å². The monoisotopic (exact) mass is 198 g/mol. The smallest absolute Gasteiger partial charge is 0.221 e. The molecule has 1 amide bonds. The topological polar surface area (TPSA) is 32.3 Å². The highest BCUT2D eigenvalue weighted by Crippen LogP contribution is 2.17. The minimum Gasteiger partial charge on any atom is -0.353 e. The van der Waals surface area contributed by atoms with Gasteiger partial charge in [-0.1, -0.05) is 19.3 Å². The SMILES string of the molecule is CN(C)CCC(=O)NC1CCCCC1. The second kappa shape index (κ2) is 6.02. The maximum atomic E-state index is 11.5. The fraction of sp³-hybridized carbons (Fsp3) is 0.909. The van der Waals surface area contributed by atoms with E-state index >= 15 is 0 Å². The number of nitrogens with zero attached hydrogens (tertiary/aromatic N) is 1. The molecule has 0 spiro atoms. The number of hydrogen-bond donors (Lipinski definition) is 1. The zero-order valence-electron chi connectivity index (χ0n) is 9.38. The highest BCUT2D eigenvalue weighted by molar-refractivity contribution is 5.76. The van der Waals surface area contributed by atoms with Crippen LogP contribution in [-0.2, 0) is 4.79 Å². The summed E-state index contributed by atoms with van der Waals surface area (Å²) in [6.07, 6.45) is 6.87. The molecule has 14 heavy (non-hydrogen) atoms. The lowest BCUT2D eigenvalue weighted by atomic mass is 9.95. The van der Waals surface area contributed by atoms with Crippen molar-refractivity contribution in [1.82, 2.24) is 10.2 Å². The molecule has 1 saturated carbocycles. The Kier molecular flexibility index (Phi) is 4.94. The summed E-state index contributed by atoms with van der Waals surface area (Å²) < 4.78 is 0. The molecule has 0 unspecified atom stereocenters. The highest BCUT2D eigenvalue weighted by atomic mass is 16.1. The Labute approximate surface area is 86.9 Å². The van der Waals surface area contributed by atoms with Crippen LogP contribution in [0.3, 0.4) is 0 Å². The molecule has 1 aliphatic rings. The minimum absolute atomic E-state index is 0.214. The van der Waals surface area contributed by atoms with E-state index < -0.39 is 0 Å². The standard InChI is InChI=1S/C11H22N2O/c1-13(2)9-8-11(14)12-10-6-4-3-5-7-10/h10H,3-9H2,1-2H3,(H,12,14). The van der Waals surface area contributed by atoms with E-state index in [0.717, 1.165) is 6.54 Å². The second-order valence-electron chi connectivity index (χ2n) is 4.46. The van der Waals surface area contributed by atoms with Crippen molar-refractivity contribution in [3.8, 4) is 0 Å². The maximum absolute atomic E-state index is 11.5. The van der Waals surface area contributed by atoms with Gasteiger partial charge in [-0.05, 0) is 26.9 Å². The van der Waals surface area contributed by atoms with Crippen LogP contribution < -0.4 is 5.32 Å². The fourth-order valence-electron chi connectivity index (χ4n) is 1.87. The van der Waals surface area contributed by atoms with E-state index in [2.05, 4.69) is 5.32 Å². The predicted octanol–water partition coefficient (Wildman–Crippen LogP) is 1.39. The molecule has 0 aromatic heterocycles. The Morgan fingerprint density at radius 1 is 1.29 bits per heavy atom. The van der Waals surface area contributed by atoms with Crippen molar-refractivity contribution in [2.24, 2.45) is 0 Å². The number of hydrogen-bond acceptors (Lipinski definition) is 2. The summed E-state index contributed by atoms with van der Waals surface area (Å²) in [7, 11) is 3.99. The third-order valence-electron chi connectivity index (χ3n) is 2.76. The van der Waals surface area contributed by atoms with Gasteiger partial charge in [-0.3, -0.25) is 4.79 Å².